The third-order valence-electron chi connectivity index (χ3n) is 2.04. The van der Waals surface area contributed by atoms with Crippen LogP contribution in [0.15, 0.2) is 45.7 Å². The number of ether oxygens (including phenoxy) is 1. The Balaban J connectivity index is 2.17. The van der Waals surface area contributed by atoms with Crippen LogP contribution in [0.5, 0.6) is 0 Å². The van der Waals surface area contributed by atoms with E-state index in [9.17, 15) is 4.79 Å². The fourth-order valence-electron chi connectivity index (χ4n) is 1.20. The summed E-state index contributed by atoms with van der Waals surface area (Å²) >= 11 is 1.60. The summed E-state index contributed by atoms with van der Waals surface area (Å²) in [5.74, 6) is -0.191. The SMILES string of the molecule is CC1=C(Sc2ccccc2)COC1=O. The van der Waals surface area contributed by atoms with Gasteiger partial charge in [0.1, 0.15) is 6.61 Å². The molecule has 0 aromatic heterocycles. The molecule has 0 unspecified atom stereocenters. The Morgan fingerprint density at radius 2 is 2.00 bits per heavy atom. The van der Waals surface area contributed by atoms with Gasteiger partial charge in [-0.05, 0) is 19.1 Å². The zero-order chi connectivity index (χ0) is 9.97. The van der Waals surface area contributed by atoms with Crippen LogP contribution in [-0.2, 0) is 9.53 Å². The third kappa shape index (κ3) is 1.82. The van der Waals surface area contributed by atoms with E-state index in [0.29, 0.717) is 6.61 Å². The Bertz CT molecular complexity index is 382. The van der Waals surface area contributed by atoms with E-state index in [2.05, 4.69) is 0 Å². The summed E-state index contributed by atoms with van der Waals surface area (Å²) in [6.45, 7) is 2.23. The molecule has 0 saturated carbocycles. The lowest BCUT2D eigenvalue weighted by Crippen LogP contribution is -1.94. The third-order valence-corrected chi connectivity index (χ3v) is 3.22. The lowest BCUT2D eigenvalue weighted by molar-refractivity contribution is -0.135. The molecule has 0 spiro atoms. The lowest BCUT2D eigenvalue weighted by atomic mass is 10.3. The average Bonchev–Trinajstić information content (AvgIpc) is 2.52. The first-order chi connectivity index (χ1) is 6.77. The first-order valence-electron chi connectivity index (χ1n) is 4.37. The van der Waals surface area contributed by atoms with Crippen molar-refractivity contribution in [3.8, 4) is 0 Å². The second-order valence-corrected chi connectivity index (χ2v) is 4.21. The molecule has 0 aliphatic carbocycles. The van der Waals surface area contributed by atoms with Crippen LogP contribution in [0.2, 0.25) is 0 Å². The van der Waals surface area contributed by atoms with Crippen molar-refractivity contribution < 1.29 is 9.53 Å². The Labute approximate surface area is 87.0 Å². The minimum absolute atomic E-state index is 0.191. The predicted molar refractivity (Wildman–Crippen MR) is 56.0 cm³/mol. The van der Waals surface area contributed by atoms with Crippen LogP contribution in [0.4, 0.5) is 0 Å². The molecule has 1 aliphatic rings. The maximum atomic E-state index is 11.1. The number of carbonyl (C=O) groups excluding carboxylic acids is 1. The topological polar surface area (TPSA) is 26.3 Å². The highest BCUT2D eigenvalue weighted by molar-refractivity contribution is 8.03. The number of benzene rings is 1. The van der Waals surface area contributed by atoms with Gasteiger partial charge in [-0.25, -0.2) is 4.79 Å². The van der Waals surface area contributed by atoms with E-state index in [-0.39, 0.29) is 5.97 Å². The molecular weight excluding hydrogens is 196 g/mol. The van der Waals surface area contributed by atoms with Crippen LogP contribution < -0.4 is 0 Å². The molecule has 0 atom stereocenters. The number of hydrogen-bond acceptors (Lipinski definition) is 3. The van der Waals surface area contributed by atoms with Gasteiger partial charge in [-0.3, -0.25) is 0 Å². The van der Waals surface area contributed by atoms with Gasteiger partial charge >= 0.3 is 5.97 Å². The molecule has 2 nitrogen and oxygen atoms in total. The zero-order valence-corrected chi connectivity index (χ0v) is 8.64. The largest absolute Gasteiger partial charge is 0.457 e. The molecule has 72 valence electrons. The normalized spacial score (nSPS) is 15.9. The van der Waals surface area contributed by atoms with Crippen molar-refractivity contribution in [2.24, 2.45) is 0 Å². The van der Waals surface area contributed by atoms with Crippen molar-refractivity contribution in [2.75, 3.05) is 6.61 Å². The van der Waals surface area contributed by atoms with Gasteiger partial charge in [0.15, 0.2) is 0 Å². The van der Waals surface area contributed by atoms with Crippen LogP contribution in [0, 0.1) is 0 Å². The quantitative estimate of drug-likeness (QED) is 0.696. The predicted octanol–water partition coefficient (Wildman–Crippen LogP) is 2.61. The molecule has 0 bridgehead atoms. The molecule has 0 N–H and O–H groups in total. The molecule has 0 radical (unpaired) electrons. The Morgan fingerprint density at radius 1 is 1.29 bits per heavy atom. The van der Waals surface area contributed by atoms with Gasteiger partial charge in [0, 0.05) is 15.4 Å². The van der Waals surface area contributed by atoms with Crippen molar-refractivity contribution in [2.45, 2.75) is 11.8 Å². The first kappa shape index (κ1) is 9.34. The smallest absolute Gasteiger partial charge is 0.335 e. The fraction of sp³-hybridized carbons (Fsp3) is 0.182. The number of cyclic esters (lactones) is 1. The van der Waals surface area contributed by atoms with Crippen LogP contribution in [0.1, 0.15) is 6.92 Å². The van der Waals surface area contributed by atoms with Crippen molar-refractivity contribution in [3.63, 3.8) is 0 Å². The van der Waals surface area contributed by atoms with Gasteiger partial charge in [-0.2, -0.15) is 0 Å². The number of esters is 1. The summed E-state index contributed by atoms with van der Waals surface area (Å²) in [6, 6.07) is 9.98. The summed E-state index contributed by atoms with van der Waals surface area (Å²) in [7, 11) is 0. The summed E-state index contributed by atoms with van der Waals surface area (Å²) in [5, 5.41) is 0. The monoisotopic (exact) mass is 206 g/mol. The molecule has 0 amide bonds. The molecule has 0 saturated heterocycles. The number of hydrogen-bond donors (Lipinski definition) is 0. The highest BCUT2D eigenvalue weighted by Gasteiger charge is 2.21. The van der Waals surface area contributed by atoms with E-state index in [4.69, 9.17) is 4.74 Å². The van der Waals surface area contributed by atoms with E-state index >= 15 is 0 Å². The summed E-state index contributed by atoms with van der Waals surface area (Å²) < 4.78 is 4.92. The van der Waals surface area contributed by atoms with E-state index in [1.54, 1.807) is 18.7 Å². The fourth-order valence-corrected chi connectivity index (χ4v) is 2.13. The first-order valence-corrected chi connectivity index (χ1v) is 5.19. The van der Waals surface area contributed by atoms with Gasteiger partial charge in [0.25, 0.3) is 0 Å². The van der Waals surface area contributed by atoms with Gasteiger partial charge in [0.2, 0.25) is 0 Å². The van der Waals surface area contributed by atoms with Crippen molar-refractivity contribution in [1.82, 2.24) is 0 Å². The second-order valence-electron chi connectivity index (χ2n) is 3.04. The maximum Gasteiger partial charge on any atom is 0.335 e. The molecule has 2 rings (SSSR count). The molecule has 1 aromatic carbocycles. The Hall–Kier alpha value is -1.22. The molecule has 1 heterocycles. The van der Waals surface area contributed by atoms with Crippen LogP contribution in [0.25, 0.3) is 0 Å². The van der Waals surface area contributed by atoms with Crippen LogP contribution in [-0.4, -0.2) is 12.6 Å². The Kier molecular flexibility index (Phi) is 2.59. The maximum absolute atomic E-state index is 11.1. The molecule has 3 heteroatoms. The van der Waals surface area contributed by atoms with Gasteiger partial charge in [0.05, 0.1) is 0 Å². The van der Waals surface area contributed by atoms with E-state index in [1.807, 2.05) is 30.3 Å². The number of carbonyl (C=O) groups is 1. The van der Waals surface area contributed by atoms with E-state index in [1.165, 1.54) is 0 Å². The molecule has 14 heavy (non-hydrogen) atoms. The standard InChI is InChI=1S/C11H10O2S/c1-8-10(7-13-11(8)12)14-9-5-3-2-4-6-9/h2-6H,7H2,1H3. The lowest BCUT2D eigenvalue weighted by Gasteiger charge is -2.00. The van der Waals surface area contributed by atoms with Crippen molar-refractivity contribution >= 4 is 17.7 Å². The molecule has 1 aliphatic heterocycles. The van der Waals surface area contributed by atoms with Crippen LogP contribution >= 0.6 is 11.8 Å². The second kappa shape index (κ2) is 3.88. The average molecular weight is 206 g/mol. The molecule has 0 fully saturated rings. The molecule has 1 aromatic rings. The Morgan fingerprint density at radius 3 is 2.57 bits per heavy atom. The summed E-state index contributed by atoms with van der Waals surface area (Å²) in [4.78, 5) is 13.2. The van der Waals surface area contributed by atoms with Gasteiger partial charge in [-0.1, -0.05) is 30.0 Å². The van der Waals surface area contributed by atoms with E-state index in [0.717, 1.165) is 15.4 Å². The van der Waals surface area contributed by atoms with Gasteiger partial charge in [-0.15, -0.1) is 0 Å². The minimum atomic E-state index is -0.191. The summed E-state index contributed by atoms with van der Waals surface area (Å²) in [6.07, 6.45) is 0. The minimum Gasteiger partial charge on any atom is -0.457 e. The van der Waals surface area contributed by atoms with Crippen molar-refractivity contribution in [1.29, 1.82) is 0 Å². The van der Waals surface area contributed by atoms with Gasteiger partial charge < -0.3 is 4.74 Å². The number of thioether (sulfide) groups is 1. The molecular formula is C11H10O2S. The highest BCUT2D eigenvalue weighted by Crippen LogP contribution is 2.32. The zero-order valence-electron chi connectivity index (χ0n) is 7.82. The van der Waals surface area contributed by atoms with Crippen LogP contribution in [0.3, 0.4) is 0 Å². The number of rotatable bonds is 2. The summed E-state index contributed by atoms with van der Waals surface area (Å²) in [5.41, 5.74) is 0.735. The van der Waals surface area contributed by atoms with Crippen molar-refractivity contribution in [3.05, 3.63) is 40.8 Å². The highest BCUT2D eigenvalue weighted by atomic mass is 32.2. The van der Waals surface area contributed by atoms with E-state index < -0.39 is 0 Å².